The quantitative estimate of drug-likeness (QED) is 0.825. The maximum absolute atomic E-state index is 12.7. The van der Waals surface area contributed by atoms with E-state index >= 15 is 0 Å². The second-order valence-corrected chi connectivity index (χ2v) is 4.34. The SMILES string of the molecule is CCC(CC)(CNC(=O)c1ccc(F)cn1)C(=O)O. The summed E-state index contributed by atoms with van der Waals surface area (Å²) in [5.74, 6) is -1.98. The smallest absolute Gasteiger partial charge is 0.311 e. The van der Waals surface area contributed by atoms with Gasteiger partial charge in [0.15, 0.2) is 0 Å². The molecule has 0 aliphatic carbocycles. The van der Waals surface area contributed by atoms with E-state index in [1.807, 2.05) is 0 Å². The first kappa shape index (κ1) is 15.1. The molecule has 0 aliphatic heterocycles. The Morgan fingerprint density at radius 3 is 2.42 bits per heavy atom. The first-order valence-electron chi connectivity index (χ1n) is 6.08. The third kappa shape index (κ3) is 3.49. The highest BCUT2D eigenvalue weighted by atomic mass is 19.1. The second-order valence-electron chi connectivity index (χ2n) is 4.34. The van der Waals surface area contributed by atoms with Crippen molar-refractivity contribution >= 4 is 11.9 Å². The predicted octanol–water partition coefficient (Wildman–Crippen LogP) is 1.84. The Morgan fingerprint density at radius 1 is 1.37 bits per heavy atom. The van der Waals surface area contributed by atoms with Crippen LogP contribution in [0.1, 0.15) is 37.2 Å². The Labute approximate surface area is 110 Å². The van der Waals surface area contributed by atoms with Gasteiger partial charge in [-0.3, -0.25) is 9.59 Å². The van der Waals surface area contributed by atoms with E-state index in [4.69, 9.17) is 0 Å². The van der Waals surface area contributed by atoms with Crippen LogP contribution in [0, 0.1) is 11.2 Å². The molecular weight excluding hydrogens is 251 g/mol. The van der Waals surface area contributed by atoms with Crippen molar-refractivity contribution < 1.29 is 19.1 Å². The first-order valence-corrected chi connectivity index (χ1v) is 6.08. The lowest BCUT2D eigenvalue weighted by molar-refractivity contribution is -0.149. The van der Waals surface area contributed by atoms with E-state index in [-0.39, 0.29) is 12.2 Å². The predicted molar refractivity (Wildman–Crippen MR) is 67.2 cm³/mol. The standard InChI is InChI=1S/C13H17FN2O3/c1-3-13(4-2,12(18)19)8-16-11(17)10-6-5-9(14)7-15-10/h5-7H,3-4,8H2,1-2H3,(H,16,17)(H,18,19). The largest absolute Gasteiger partial charge is 0.481 e. The number of carbonyl (C=O) groups excluding carboxylic acids is 1. The molecule has 5 nitrogen and oxygen atoms in total. The normalized spacial score (nSPS) is 11.1. The first-order chi connectivity index (χ1) is 8.95. The number of carboxylic acids is 1. The second kappa shape index (κ2) is 6.26. The molecule has 0 bridgehead atoms. The highest BCUT2D eigenvalue weighted by Crippen LogP contribution is 2.25. The van der Waals surface area contributed by atoms with Crippen molar-refractivity contribution in [1.29, 1.82) is 0 Å². The molecule has 1 rings (SSSR count). The average molecular weight is 268 g/mol. The summed E-state index contributed by atoms with van der Waals surface area (Å²) in [6.45, 7) is 3.55. The van der Waals surface area contributed by atoms with Crippen LogP contribution in [0.5, 0.6) is 0 Å². The van der Waals surface area contributed by atoms with Crippen molar-refractivity contribution in [3.05, 3.63) is 29.8 Å². The number of nitrogens with one attached hydrogen (secondary N) is 1. The van der Waals surface area contributed by atoms with E-state index < -0.39 is 23.1 Å². The van der Waals surface area contributed by atoms with Gasteiger partial charge in [0.2, 0.25) is 0 Å². The molecule has 0 aromatic carbocycles. The van der Waals surface area contributed by atoms with Crippen molar-refractivity contribution in [2.45, 2.75) is 26.7 Å². The van der Waals surface area contributed by atoms with Gasteiger partial charge in [-0.05, 0) is 25.0 Å². The fraction of sp³-hybridized carbons (Fsp3) is 0.462. The fourth-order valence-electron chi connectivity index (χ4n) is 1.73. The minimum absolute atomic E-state index is 0.0211. The molecule has 2 N–H and O–H groups in total. The molecule has 0 atom stereocenters. The number of aromatic nitrogens is 1. The zero-order valence-electron chi connectivity index (χ0n) is 10.9. The monoisotopic (exact) mass is 268 g/mol. The molecule has 1 aromatic heterocycles. The lowest BCUT2D eigenvalue weighted by Crippen LogP contribution is -2.42. The number of pyridine rings is 1. The number of amides is 1. The van der Waals surface area contributed by atoms with Crippen LogP contribution in [0.15, 0.2) is 18.3 Å². The molecule has 104 valence electrons. The van der Waals surface area contributed by atoms with Crippen LogP contribution in [0.2, 0.25) is 0 Å². The van der Waals surface area contributed by atoms with E-state index in [1.165, 1.54) is 6.07 Å². The molecule has 1 aromatic rings. The van der Waals surface area contributed by atoms with E-state index in [0.29, 0.717) is 12.8 Å². The van der Waals surface area contributed by atoms with Crippen LogP contribution in [-0.2, 0) is 4.79 Å². The van der Waals surface area contributed by atoms with E-state index in [2.05, 4.69) is 10.3 Å². The zero-order valence-corrected chi connectivity index (χ0v) is 10.9. The number of hydrogen-bond donors (Lipinski definition) is 2. The molecule has 0 saturated heterocycles. The van der Waals surface area contributed by atoms with E-state index in [1.54, 1.807) is 13.8 Å². The Morgan fingerprint density at radius 2 is 2.00 bits per heavy atom. The van der Waals surface area contributed by atoms with Crippen LogP contribution >= 0.6 is 0 Å². The maximum Gasteiger partial charge on any atom is 0.311 e. The highest BCUT2D eigenvalue weighted by Gasteiger charge is 2.35. The Hall–Kier alpha value is -1.98. The van der Waals surface area contributed by atoms with Crippen LogP contribution in [-0.4, -0.2) is 28.5 Å². The van der Waals surface area contributed by atoms with Crippen molar-refractivity contribution in [2.75, 3.05) is 6.54 Å². The third-order valence-corrected chi connectivity index (χ3v) is 3.35. The van der Waals surface area contributed by atoms with Crippen molar-refractivity contribution in [3.8, 4) is 0 Å². The van der Waals surface area contributed by atoms with Gasteiger partial charge < -0.3 is 10.4 Å². The zero-order chi connectivity index (χ0) is 14.5. The minimum Gasteiger partial charge on any atom is -0.481 e. The Balaban J connectivity index is 2.72. The molecule has 1 heterocycles. The van der Waals surface area contributed by atoms with Gasteiger partial charge >= 0.3 is 5.97 Å². The number of rotatable bonds is 6. The topological polar surface area (TPSA) is 79.3 Å². The molecule has 0 aliphatic rings. The molecular formula is C13H17FN2O3. The number of carbonyl (C=O) groups is 2. The summed E-state index contributed by atoms with van der Waals surface area (Å²) >= 11 is 0. The van der Waals surface area contributed by atoms with Crippen molar-refractivity contribution in [1.82, 2.24) is 10.3 Å². The summed E-state index contributed by atoms with van der Waals surface area (Å²) in [7, 11) is 0. The van der Waals surface area contributed by atoms with Gasteiger partial charge in [0, 0.05) is 6.54 Å². The highest BCUT2D eigenvalue weighted by molar-refractivity contribution is 5.92. The summed E-state index contributed by atoms with van der Waals surface area (Å²) in [6, 6.07) is 2.39. The van der Waals surface area contributed by atoms with Gasteiger partial charge in [-0.15, -0.1) is 0 Å². The van der Waals surface area contributed by atoms with Gasteiger partial charge in [-0.1, -0.05) is 13.8 Å². The maximum atomic E-state index is 12.7. The number of hydrogen-bond acceptors (Lipinski definition) is 3. The summed E-state index contributed by atoms with van der Waals surface area (Å²) in [5, 5.41) is 11.8. The van der Waals surface area contributed by atoms with Crippen molar-refractivity contribution in [2.24, 2.45) is 5.41 Å². The molecule has 0 fully saturated rings. The molecule has 6 heteroatoms. The summed E-state index contributed by atoms with van der Waals surface area (Å²) in [5.41, 5.74) is -0.914. The third-order valence-electron chi connectivity index (χ3n) is 3.35. The summed E-state index contributed by atoms with van der Waals surface area (Å²) < 4.78 is 12.7. The van der Waals surface area contributed by atoms with Gasteiger partial charge in [-0.2, -0.15) is 0 Å². The Bertz CT molecular complexity index is 455. The van der Waals surface area contributed by atoms with Gasteiger partial charge in [0.05, 0.1) is 11.6 Å². The number of carboxylic acid groups (broad SMARTS) is 1. The van der Waals surface area contributed by atoms with Crippen molar-refractivity contribution in [3.63, 3.8) is 0 Å². The molecule has 1 amide bonds. The fourth-order valence-corrected chi connectivity index (χ4v) is 1.73. The lowest BCUT2D eigenvalue weighted by atomic mass is 9.82. The lowest BCUT2D eigenvalue weighted by Gasteiger charge is -2.26. The molecule has 0 unspecified atom stereocenters. The molecule has 0 saturated carbocycles. The molecule has 19 heavy (non-hydrogen) atoms. The van der Waals surface area contributed by atoms with E-state index in [0.717, 1.165) is 12.3 Å². The molecule has 0 radical (unpaired) electrons. The van der Waals surface area contributed by atoms with Crippen LogP contribution in [0.3, 0.4) is 0 Å². The van der Waals surface area contributed by atoms with Crippen LogP contribution in [0.4, 0.5) is 4.39 Å². The van der Waals surface area contributed by atoms with Crippen LogP contribution < -0.4 is 5.32 Å². The number of aliphatic carboxylic acids is 1. The Kier molecular flexibility index (Phi) is 4.97. The van der Waals surface area contributed by atoms with Gasteiger partial charge in [0.25, 0.3) is 5.91 Å². The van der Waals surface area contributed by atoms with Crippen LogP contribution in [0.25, 0.3) is 0 Å². The minimum atomic E-state index is -0.976. The van der Waals surface area contributed by atoms with Gasteiger partial charge in [-0.25, -0.2) is 9.37 Å². The van der Waals surface area contributed by atoms with Gasteiger partial charge in [0.1, 0.15) is 11.5 Å². The van der Waals surface area contributed by atoms with E-state index in [9.17, 15) is 19.1 Å². The summed E-state index contributed by atoms with van der Waals surface area (Å²) in [4.78, 5) is 26.7. The number of halogens is 1. The summed E-state index contributed by atoms with van der Waals surface area (Å²) in [6.07, 6.45) is 1.77. The average Bonchev–Trinajstić information content (AvgIpc) is 2.40. The number of nitrogens with zero attached hydrogens (tertiary/aromatic N) is 1. The molecule has 0 spiro atoms.